The first-order valence-electron chi connectivity index (χ1n) is 14.1. The second-order valence-electron chi connectivity index (χ2n) is 10.6. The van der Waals surface area contributed by atoms with Gasteiger partial charge in [-0.15, -0.1) is 15.3 Å². The van der Waals surface area contributed by atoms with Crippen LogP contribution in [0.1, 0.15) is 41.0 Å². The maximum absolute atomic E-state index is 12.9. The molecule has 218 valence electrons. The summed E-state index contributed by atoms with van der Waals surface area (Å²) in [6.07, 6.45) is 9.69. The van der Waals surface area contributed by atoms with Gasteiger partial charge in [0.1, 0.15) is 5.01 Å². The summed E-state index contributed by atoms with van der Waals surface area (Å²) < 4.78 is 0. The molecular formula is C29H33N9O3S. The highest BCUT2D eigenvalue weighted by atomic mass is 32.1. The normalized spacial score (nSPS) is 17.2. The molecule has 6 rings (SSSR count). The Morgan fingerprint density at radius 1 is 1.17 bits per heavy atom. The van der Waals surface area contributed by atoms with Crippen LogP contribution in [0.2, 0.25) is 0 Å². The van der Waals surface area contributed by atoms with Crippen LogP contribution < -0.4 is 15.5 Å². The van der Waals surface area contributed by atoms with E-state index >= 15 is 0 Å². The average Bonchev–Trinajstić information content (AvgIpc) is 3.70. The van der Waals surface area contributed by atoms with E-state index in [2.05, 4.69) is 42.9 Å². The first-order valence-corrected chi connectivity index (χ1v) is 14.9. The van der Waals surface area contributed by atoms with Crippen LogP contribution in [0.3, 0.4) is 0 Å². The molecule has 1 saturated heterocycles. The molecule has 2 fully saturated rings. The molecule has 1 saturated carbocycles. The van der Waals surface area contributed by atoms with Crippen molar-refractivity contribution >= 4 is 45.1 Å². The number of nitrogens with one attached hydrogen (secondary N) is 2. The summed E-state index contributed by atoms with van der Waals surface area (Å²) in [5, 5.41) is 20.8. The first kappa shape index (κ1) is 27.8. The number of hydrogen-bond acceptors (Lipinski definition) is 10. The number of pyridine rings is 1. The van der Waals surface area contributed by atoms with Gasteiger partial charge in [0.2, 0.25) is 16.7 Å². The van der Waals surface area contributed by atoms with Crippen molar-refractivity contribution in [1.82, 2.24) is 34.9 Å². The maximum Gasteiger partial charge on any atom is 0.257 e. The van der Waals surface area contributed by atoms with E-state index in [0.29, 0.717) is 40.5 Å². The van der Waals surface area contributed by atoms with E-state index < -0.39 is 0 Å². The molecule has 4 aromatic rings. The summed E-state index contributed by atoms with van der Waals surface area (Å²) in [4.78, 5) is 41.5. The lowest BCUT2D eigenvalue weighted by molar-refractivity contribution is -0.127. The zero-order chi connectivity index (χ0) is 29.1. The zero-order valence-corrected chi connectivity index (χ0v) is 24.4. The van der Waals surface area contributed by atoms with Crippen LogP contribution in [-0.2, 0) is 4.79 Å². The summed E-state index contributed by atoms with van der Waals surface area (Å²) in [6, 6.07) is 11.2. The molecule has 0 radical (unpaired) electrons. The zero-order valence-electron chi connectivity index (χ0n) is 23.6. The second-order valence-corrected chi connectivity index (χ2v) is 11.8. The largest absolute Gasteiger partial charge is 0.363 e. The number of likely N-dealkylation sites (N-methyl/N-ethyl adjacent to an activating group) is 1. The number of likely N-dealkylation sites (tertiary alicyclic amines) is 1. The fourth-order valence-electron chi connectivity index (χ4n) is 4.96. The van der Waals surface area contributed by atoms with E-state index in [1.807, 2.05) is 30.0 Å². The molecule has 1 atom stereocenters. The number of hydrogen-bond donors (Lipinski definition) is 2. The van der Waals surface area contributed by atoms with Crippen LogP contribution in [0, 0.1) is 6.92 Å². The molecule has 1 aliphatic heterocycles. The number of nitrogens with zero attached hydrogens (tertiary/aromatic N) is 7. The fraction of sp³-hybridized carbons (Fsp3) is 0.379. The Hall–Kier alpha value is -4.36. The number of carbonyl (C=O) groups is 2. The van der Waals surface area contributed by atoms with Gasteiger partial charge in [-0.25, -0.2) is 4.98 Å². The number of fused-ring (bicyclic) bond motifs is 1. The Morgan fingerprint density at radius 3 is 2.76 bits per heavy atom. The van der Waals surface area contributed by atoms with Gasteiger partial charge in [-0.1, -0.05) is 22.3 Å². The molecule has 2 amide bonds. The molecule has 12 nitrogen and oxygen atoms in total. The van der Waals surface area contributed by atoms with E-state index in [-0.39, 0.29) is 17.9 Å². The van der Waals surface area contributed by atoms with Crippen LogP contribution in [0.25, 0.3) is 11.0 Å². The van der Waals surface area contributed by atoms with Crippen LogP contribution in [0.4, 0.5) is 10.9 Å². The number of amides is 2. The third kappa shape index (κ3) is 6.58. The van der Waals surface area contributed by atoms with Crippen LogP contribution in [0.5, 0.6) is 5.75 Å². The lowest BCUT2D eigenvalue weighted by Gasteiger charge is -2.32. The number of anilines is 2. The average molecular weight is 588 g/mol. The van der Waals surface area contributed by atoms with Crippen molar-refractivity contribution in [2.24, 2.45) is 0 Å². The smallest absolute Gasteiger partial charge is 0.257 e. The molecule has 1 aromatic carbocycles. The van der Waals surface area contributed by atoms with Gasteiger partial charge < -0.3 is 15.1 Å². The number of rotatable bonds is 10. The lowest BCUT2D eigenvalue weighted by Crippen LogP contribution is -2.44. The predicted octanol–water partition coefficient (Wildman–Crippen LogP) is 3.74. The van der Waals surface area contributed by atoms with Gasteiger partial charge in [-0.2, -0.15) is 0 Å². The quantitative estimate of drug-likeness (QED) is 0.267. The topological polar surface area (TPSA) is 130 Å². The van der Waals surface area contributed by atoms with E-state index in [4.69, 9.17) is 4.84 Å². The minimum atomic E-state index is -0.281. The van der Waals surface area contributed by atoms with Gasteiger partial charge in [-0.3, -0.25) is 19.8 Å². The summed E-state index contributed by atoms with van der Waals surface area (Å²) in [7, 11) is 2.10. The Morgan fingerprint density at radius 2 is 2.00 bits per heavy atom. The van der Waals surface area contributed by atoms with Crippen LogP contribution in [0.15, 0.2) is 54.7 Å². The van der Waals surface area contributed by atoms with Crippen molar-refractivity contribution < 1.29 is 14.4 Å². The summed E-state index contributed by atoms with van der Waals surface area (Å²) >= 11 is 1.31. The van der Waals surface area contributed by atoms with Gasteiger partial charge in [0, 0.05) is 49.6 Å². The van der Waals surface area contributed by atoms with E-state index in [0.717, 1.165) is 36.3 Å². The van der Waals surface area contributed by atoms with E-state index in [1.165, 1.54) is 29.0 Å². The second kappa shape index (κ2) is 12.2. The van der Waals surface area contributed by atoms with Crippen molar-refractivity contribution in [2.75, 3.05) is 37.3 Å². The first-order chi connectivity index (χ1) is 20.4. The van der Waals surface area contributed by atoms with Crippen LogP contribution >= 0.6 is 11.3 Å². The minimum absolute atomic E-state index is 0.0432. The van der Waals surface area contributed by atoms with Gasteiger partial charge in [0.15, 0.2) is 11.6 Å². The molecule has 42 heavy (non-hydrogen) atoms. The molecule has 4 heterocycles. The van der Waals surface area contributed by atoms with Crippen molar-refractivity contribution in [3.63, 3.8) is 0 Å². The summed E-state index contributed by atoms with van der Waals surface area (Å²) in [6.45, 7) is 3.96. The van der Waals surface area contributed by atoms with Crippen LogP contribution in [-0.4, -0.2) is 85.5 Å². The third-order valence-corrected chi connectivity index (χ3v) is 8.12. The molecule has 0 bridgehead atoms. The molecular weight excluding hydrogens is 554 g/mol. The summed E-state index contributed by atoms with van der Waals surface area (Å²) in [5.41, 5.74) is 1.02. The van der Waals surface area contributed by atoms with Gasteiger partial charge >= 0.3 is 0 Å². The minimum Gasteiger partial charge on any atom is -0.363 e. The Balaban J connectivity index is 1.10. The molecule has 2 N–H and O–H groups in total. The Bertz CT molecular complexity index is 1600. The Labute approximate surface area is 247 Å². The van der Waals surface area contributed by atoms with Crippen molar-refractivity contribution in [1.29, 1.82) is 0 Å². The molecule has 1 aliphatic carbocycles. The standard InChI is InChI=1S/C29H33N9O3S/c1-19-33-34-29(42-19)32-28(40)20-9-13-23(14-10-20)41-38-27-24(7-3-15-30-27)26(35-38)31-21-6-4-17-37(18-21)25(39)8-5-16-36(2)22-11-12-22/h3,5,7-10,13-15,21-22H,4,6,11-12,16-18H2,1-2H3,(H,31,35)(H,32,34,40)/t21-/m1/s1. The molecule has 3 aromatic heterocycles. The maximum atomic E-state index is 12.9. The van der Waals surface area contributed by atoms with Crippen molar-refractivity contribution in [3.8, 4) is 5.75 Å². The van der Waals surface area contributed by atoms with Gasteiger partial charge in [-0.05, 0) is 76.1 Å². The number of aryl methyl sites for hydroxylation is 1. The van der Waals surface area contributed by atoms with E-state index in [9.17, 15) is 9.59 Å². The van der Waals surface area contributed by atoms with Crippen molar-refractivity contribution in [3.05, 3.63) is 65.3 Å². The molecule has 0 unspecified atom stereocenters. The molecule has 0 spiro atoms. The number of carbonyl (C=O) groups excluding carboxylic acids is 2. The number of aromatic nitrogens is 5. The monoisotopic (exact) mass is 587 g/mol. The highest BCUT2D eigenvalue weighted by Gasteiger charge is 2.26. The SMILES string of the molecule is Cc1nnc(NC(=O)c2ccc(On3nc(N[C@@H]4CCCN(C(=O)C=CCN(C)C5CC5)C4)c4cccnc43)cc2)s1. The third-order valence-electron chi connectivity index (χ3n) is 7.37. The van der Waals surface area contributed by atoms with E-state index in [1.54, 1.807) is 36.5 Å². The lowest BCUT2D eigenvalue weighted by atomic mass is 10.1. The molecule has 2 aliphatic rings. The predicted molar refractivity (Wildman–Crippen MR) is 161 cm³/mol. The summed E-state index contributed by atoms with van der Waals surface area (Å²) in [5.74, 6) is 0.897. The highest BCUT2D eigenvalue weighted by Crippen LogP contribution is 2.26. The van der Waals surface area contributed by atoms with Gasteiger partial charge in [0.05, 0.1) is 5.39 Å². The molecule has 13 heteroatoms. The highest BCUT2D eigenvalue weighted by molar-refractivity contribution is 7.15. The number of piperidine rings is 1. The van der Waals surface area contributed by atoms with Crippen molar-refractivity contribution in [2.45, 2.75) is 44.7 Å². The Kier molecular flexibility index (Phi) is 8.11. The number of benzene rings is 1. The van der Waals surface area contributed by atoms with Gasteiger partial charge in [0.25, 0.3) is 5.91 Å². The fourth-order valence-corrected chi connectivity index (χ4v) is 5.54.